The summed E-state index contributed by atoms with van der Waals surface area (Å²) in [7, 11) is 0. The number of amides is 1. The molecule has 1 N–H and O–H groups in total. The third-order valence-electron chi connectivity index (χ3n) is 5.34. The van der Waals surface area contributed by atoms with Gasteiger partial charge in [0.25, 0.3) is 0 Å². The van der Waals surface area contributed by atoms with Gasteiger partial charge in [-0.25, -0.2) is 9.18 Å². The number of carbonyl (C=O) groups is 1. The number of nitrogens with zero attached hydrogens (tertiary/aromatic N) is 3. The van der Waals surface area contributed by atoms with E-state index in [4.69, 9.17) is 4.74 Å². The number of imidazole rings is 1. The van der Waals surface area contributed by atoms with Crippen LogP contribution in [-0.4, -0.2) is 26.9 Å². The Labute approximate surface area is 184 Å². The van der Waals surface area contributed by atoms with Gasteiger partial charge in [-0.3, -0.25) is 0 Å². The van der Waals surface area contributed by atoms with E-state index in [1.54, 1.807) is 12.1 Å². The van der Waals surface area contributed by atoms with Crippen LogP contribution in [-0.2, 0) is 13.1 Å². The maximum absolute atomic E-state index is 13.1. The van der Waals surface area contributed by atoms with Crippen LogP contribution in [0.25, 0.3) is 11.0 Å². The summed E-state index contributed by atoms with van der Waals surface area (Å²) in [5.74, 6) is 0.281. The molecule has 1 amide bonds. The first-order valence-corrected chi connectivity index (χ1v) is 10.4. The highest BCUT2D eigenvalue weighted by atomic mass is 19.1. The molecule has 6 nitrogen and oxygen atoms in total. The predicted molar refractivity (Wildman–Crippen MR) is 120 cm³/mol. The van der Waals surface area contributed by atoms with Crippen molar-refractivity contribution in [1.82, 2.24) is 9.13 Å². The molecule has 0 aliphatic carbocycles. The summed E-state index contributed by atoms with van der Waals surface area (Å²) in [4.78, 5) is 15.5. The highest BCUT2D eigenvalue weighted by Crippen LogP contribution is 2.17. The third kappa shape index (κ3) is 4.72. The number of fused-ring (bicyclic) bond motifs is 1. The zero-order valence-corrected chi connectivity index (χ0v) is 17.7. The van der Waals surface area contributed by atoms with Crippen LogP contribution in [0.2, 0.25) is 0 Å². The van der Waals surface area contributed by atoms with Gasteiger partial charge < -0.3 is 19.0 Å². The first kappa shape index (κ1) is 21.4. The second-order valence-corrected chi connectivity index (χ2v) is 7.50. The van der Waals surface area contributed by atoms with Crippen molar-refractivity contribution in [3.63, 3.8) is 0 Å². The summed E-state index contributed by atoms with van der Waals surface area (Å²) in [5, 5.41) is 9.46. The molecule has 0 fully saturated rings. The van der Waals surface area contributed by atoms with Crippen molar-refractivity contribution in [2.45, 2.75) is 26.4 Å². The minimum absolute atomic E-state index is 0.311. The zero-order valence-electron chi connectivity index (χ0n) is 17.7. The van der Waals surface area contributed by atoms with E-state index in [1.807, 2.05) is 64.6 Å². The van der Waals surface area contributed by atoms with Crippen LogP contribution in [0.3, 0.4) is 0 Å². The number of halogens is 1. The number of rotatable bonds is 7. The number of para-hydroxylation sites is 2. The van der Waals surface area contributed by atoms with Crippen LogP contribution < -0.4 is 10.4 Å². The smallest absolute Gasteiger partial charge is 0.434 e. The molecule has 4 rings (SSSR count). The van der Waals surface area contributed by atoms with Crippen molar-refractivity contribution in [3.05, 3.63) is 95.4 Å². The van der Waals surface area contributed by atoms with Crippen molar-refractivity contribution >= 4 is 17.1 Å². The predicted octanol–water partition coefficient (Wildman–Crippen LogP) is 4.99. The molecule has 4 aromatic rings. The average molecular weight is 433 g/mol. The number of hydrogen-bond donors (Lipinski definition) is 1. The standard InChI is InChI=1S/C25H24FN3O3/c1-18-7-2-3-8-19(18)17-29-23-10-5-4-9-22(23)28(24(29)27-25(30)31)15-6-16-32-21-13-11-20(26)12-14-21/h2-5,7-14H,6,15-17H2,1H3,(H,30,31). The molecular weight excluding hydrogens is 409 g/mol. The fraction of sp³-hybridized carbons (Fsp3) is 0.200. The van der Waals surface area contributed by atoms with Crippen LogP contribution in [0.15, 0.2) is 77.8 Å². The zero-order chi connectivity index (χ0) is 22.5. The van der Waals surface area contributed by atoms with Gasteiger partial charge in [0.15, 0.2) is 0 Å². The molecule has 0 saturated heterocycles. The molecule has 0 saturated carbocycles. The largest absolute Gasteiger partial charge is 0.494 e. The molecule has 32 heavy (non-hydrogen) atoms. The molecule has 0 atom stereocenters. The van der Waals surface area contributed by atoms with Gasteiger partial charge in [-0.2, -0.15) is 0 Å². The van der Waals surface area contributed by atoms with E-state index in [0.717, 1.165) is 22.2 Å². The molecule has 1 aromatic heterocycles. The Morgan fingerprint density at radius 1 is 0.969 bits per heavy atom. The van der Waals surface area contributed by atoms with Crippen molar-refractivity contribution in [1.29, 1.82) is 0 Å². The Hall–Kier alpha value is -3.87. The third-order valence-corrected chi connectivity index (χ3v) is 5.34. The summed E-state index contributed by atoms with van der Waals surface area (Å²) >= 11 is 0. The van der Waals surface area contributed by atoms with Gasteiger partial charge in [0.1, 0.15) is 11.6 Å². The lowest BCUT2D eigenvalue weighted by Crippen LogP contribution is -2.28. The molecule has 164 valence electrons. The van der Waals surface area contributed by atoms with E-state index in [2.05, 4.69) is 4.99 Å². The van der Waals surface area contributed by atoms with Gasteiger partial charge >= 0.3 is 6.09 Å². The number of aryl methyl sites for hydroxylation is 2. The normalized spacial score (nSPS) is 11.8. The van der Waals surface area contributed by atoms with Crippen LogP contribution >= 0.6 is 0 Å². The summed E-state index contributed by atoms with van der Waals surface area (Å²) in [6.07, 6.45) is -0.613. The lowest BCUT2D eigenvalue weighted by molar-refractivity contribution is 0.204. The number of aromatic nitrogens is 2. The lowest BCUT2D eigenvalue weighted by Gasteiger charge is -2.09. The fourth-order valence-electron chi connectivity index (χ4n) is 3.77. The van der Waals surface area contributed by atoms with Crippen molar-refractivity contribution in [2.75, 3.05) is 6.61 Å². The van der Waals surface area contributed by atoms with Crippen LogP contribution in [0.4, 0.5) is 9.18 Å². The lowest BCUT2D eigenvalue weighted by atomic mass is 10.1. The summed E-state index contributed by atoms with van der Waals surface area (Å²) in [5.41, 5.74) is 4.43. The van der Waals surface area contributed by atoms with Gasteiger partial charge in [0.05, 0.1) is 24.2 Å². The molecule has 0 radical (unpaired) electrons. The van der Waals surface area contributed by atoms with E-state index in [1.165, 1.54) is 12.1 Å². The topological polar surface area (TPSA) is 68.8 Å². The first-order chi connectivity index (χ1) is 15.5. The van der Waals surface area contributed by atoms with Crippen molar-refractivity contribution < 1.29 is 19.0 Å². The summed E-state index contributed by atoms with van der Waals surface area (Å²) in [6.45, 7) is 3.48. The van der Waals surface area contributed by atoms with Gasteiger partial charge in [-0.05, 0) is 60.9 Å². The summed E-state index contributed by atoms with van der Waals surface area (Å²) < 4.78 is 22.6. The molecule has 3 aromatic carbocycles. The van der Waals surface area contributed by atoms with Gasteiger partial charge in [0, 0.05) is 6.54 Å². The van der Waals surface area contributed by atoms with Crippen molar-refractivity contribution in [3.8, 4) is 5.75 Å². The first-order valence-electron chi connectivity index (χ1n) is 10.4. The Bertz CT molecular complexity index is 1310. The highest BCUT2D eigenvalue weighted by molar-refractivity contribution is 5.76. The average Bonchev–Trinajstić information content (AvgIpc) is 3.06. The Morgan fingerprint density at radius 2 is 1.62 bits per heavy atom. The number of ether oxygens (including phenoxy) is 1. The SMILES string of the molecule is Cc1ccccc1Cn1c(=NC(=O)O)n(CCCOc2ccc(F)cc2)c2ccccc21. The minimum Gasteiger partial charge on any atom is -0.494 e. The molecule has 0 aliphatic rings. The van der Waals surface area contributed by atoms with E-state index in [-0.39, 0.29) is 5.82 Å². The molecule has 0 bridgehead atoms. The Morgan fingerprint density at radius 3 is 2.31 bits per heavy atom. The van der Waals surface area contributed by atoms with Crippen LogP contribution in [0.1, 0.15) is 17.5 Å². The van der Waals surface area contributed by atoms with Crippen molar-refractivity contribution in [2.24, 2.45) is 4.99 Å². The molecule has 1 heterocycles. The number of benzene rings is 3. The molecule has 7 heteroatoms. The number of hydrogen-bond acceptors (Lipinski definition) is 2. The van der Waals surface area contributed by atoms with Gasteiger partial charge in [-0.1, -0.05) is 36.4 Å². The fourth-order valence-corrected chi connectivity index (χ4v) is 3.77. The maximum Gasteiger partial charge on any atom is 0.434 e. The van der Waals surface area contributed by atoms with Crippen LogP contribution in [0, 0.1) is 12.7 Å². The molecule has 0 spiro atoms. The second-order valence-electron chi connectivity index (χ2n) is 7.50. The van der Waals surface area contributed by atoms with Crippen LogP contribution in [0.5, 0.6) is 5.75 Å². The molecular formula is C25H24FN3O3. The summed E-state index contributed by atoms with van der Waals surface area (Å²) in [6, 6.07) is 21.7. The maximum atomic E-state index is 13.1. The quantitative estimate of drug-likeness (QED) is 0.418. The number of carboxylic acid groups (broad SMARTS) is 1. The Balaban J connectivity index is 1.66. The monoisotopic (exact) mass is 433 g/mol. The van der Waals surface area contributed by atoms with E-state index < -0.39 is 6.09 Å². The van der Waals surface area contributed by atoms with Gasteiger partial charge in [0.2, 0.25) is 5.62 Å². The molecule has 0 aliphatic heterocycles. The second kappa shape index (κ2) is 9.51. The molecule has 0 unspecified atom stereocenters. The Kier molecular flexibility index (Phi) is 6.35. The van der Waals surface area contributed by atoms with E-state index >= 15 is 0 Å². The van der Waals surface area contributed by atoms with Gasteiger partial charge in [-0.15, -0.1) is 4.99 Å². The van der Waals surface area contributed by atoms with E-state index in [9.17, 15) is 14.3 Å². The highest BCUT2D eigenvalue weighted by Gasteiger charge is 2.14. The minimum atomic E-state index is -1.24. The van der Waals surface area contributed by atoms with E-state index in [0.29, 0.717) is 37.5 Å².